The highest BCUT2D eigenvalue weighted by molar-refractivity contribution is 6.08. The Morgan fingerprint density at radius 2 is 1.84 bits per heavy atom. The van der Waals surface area contributed by atoms with Crippen molar-refractivity contribution in [1.82, 2.24) is 15.1 Å². The van der Waals surface area contributed by atoms with Crippen molar-refractivity contribution in [2.45, 2.75) is 69.7 Å². The van der Waals surface area contributed by atoms with E-state index in [1.807, 2.05) is 0 Å². The minimum absolute atomic E-state index is 0.0300. The number of nitrogens with zero attached hydrogens (tertiary/aromatic N) is 2. The third-order valence-corrected chi connectivity index (χ3v) is 10.6. The average Bonchev–Trinajstić information content (AvgIpc) is 3.73. The Kier molecular flexibility index (Phi) is 6.93. The van der Waals surface area contributed by atoms with Crippen LogP contribution in [0.5, 0.6) is 0 Å². The first-order valence-electron chi connectivity index (χ1n) is 14.8. The molecule has 2 aliphatic carbocycles. The third-order valence-electron chi connectivity index (χ3n) is 10.6. The minimum atomic E-state index is -1.67. The normalized spacial score (nSPS) is 34.2. The predicted molar refractivity (Wildman–Crippen MR) is 148 cm³/mol. The molecule has 4 fully saturated rings. The Hall–Kier alpha value is -3.84. The van der Waals surface area contributed by atoms with Crippen molar-refractivity contribution in [2.24, 2.45) is 34.8 Å². The van der Waals surface area contributed by atoms with Crippen LogP contribution in [0.25, 0.3) is 0 Å². The van der Waals surface area contributed by atoms with E-state index in [2.05, 4.69) is 10.6 Å². The average molecular weight is 620 g/mol. The van der Waals surface area contributed by atoms with E-state index in [1.165, 1.54) is 4.90 Å². The number of benzene rings is 1. The number of amides is 5. The number of likely N-dealkylation sites (tertiary alicyclic amines) is 2. The smallest absolute Gasteiger partial charge is 0.407 e. The Bertz CT molecular complexity index is 1470. The molecule has 6 rings (SSSR count). The number of carbonyl (C=O) groups is 5. The lowest BCUT2D eigenvalue weighted by Crippen LogP contribution is -2.60. The molecule has 4 N–H and O–H groups in total. The number of fused-ring (bicyclic) bond motifs is 7. The number of alkyl carbamates (subject to hydrolysis) is 1. The first-order valence-corrected chi connectivity index (χ1v) is 14.8. The lowest BCUT2D eigenvalue weighted by Gasteiger charge is -2.38. The fourth-order valence-corrected chi connectivity index (χ4v) is 8.60. The summed E-state index contributed by atoms with van der Waals surface area (Å²) < 4.78 is 49.0. The second-order valence-electron chi connectivity index (χ2n) is 14.0. The molecule has 5 amide bonds. The van der Waals surface area contributed by atoms with Gasteiger partial charge in [0.05, 0.1) is 18.2 Å². The molecule has 44 heavy (non-hydrogen) atoms. The van der Waals surface area contributed by atoms with Crippen molar-refractivity contribution in [3.8, 4) is 0 Å². The SMILES string of the molecule is COC(=O)NC(C(=O)N1CC2C3CC(F)C(C3)C2C1C(=O)N1CC2(CC1C(N)=O)C(=O)Nc1c(F)cc(F)cc12)C(C)(C)C. The summed E-state index contributed by atoms with van der Waals surface area (Å²) in [6, 6.07) is -2.04. The molecule has 2 bridgehead atoms. The lowest BCUT2D eigenvalue weighted by molar-refractivity contribution is -0.150. The van der Waals surface area contributed by atoms with Gasteiger partial charge in [-0.05, 0) is 60.0 Å². The number of primary amides is 1. The second kappa shape index (κ2) is 10.1. The van der Waals surface area contributed by atoms with E-state index in [0.717, 1.165) is 18.1 Å². The van der Waals surface area contributed by atoms with Crippen LogP contribution < -0.4 is 16.4 Å². The molecule has 3 heterocycles. The van der Waals surface area contributed by atoms with Crippen molar-refractivity contribution in [3.05, 3.63) is 29.3 Å². The van der Waals surface area contributed by atoms with Crippen molar-refractivity contribution in [2.75, 3.05) is 25.5 Å². The number of hydrogen-bond donors (Lipinski definition) is 3. The lowest BCUT2D eigenvalue weighted by atomic mass is 9.77. The molecule has 1 spiro atoms. The van der Waals surface area contributed by atoms with E-state index in [1.54, 1.807) is 20.8 Å². The molecule has 0 radical (unpaired) electrons. The third kappa shape index (κ3) is 4.34. The van der Waals surface area contributed by atoms with Gasteiger partial charge < -0.3 is 30.9 Å². The second-order valence-corrected chi connectivity index (χ2v) is 14.0. The molecule has 2 saturated carbocycles. The van der Waals surface area contributed by atoms with Gasteiger partial charge in [0.1, 0.15) is 35.9 Å². The molecule has 14 heteroatoms. The van der Waals surface area contributed by atoms with Crippen LogP contribution in [-0.2, 0) is 29.3 Å². The summed E-state index contributed by atoms with van der Waals surface area (Å²) in [4.78, 5) is 69.7. The molecule has 1 aromatic rings. The molecule has 9 unspecified atom stereocenters. The summed E-state index contributed by atoms with van der Waals surface area (Å²) in [7, 11) is 1.16. The summed E-state index contributed by atoms with van der Waals surface area (Å²) in [6.45, 7) is 4.93. The Labute approximate surface area is 252 Å². The van der Waals surface area contributed by atoms with E-state index in [0.29, 0.717) is 18.9 Å². The van der Waals surface area contributed by atoms with Crippen LogP contribution >= 0.6 is 0 Å². The van der Waals surface area contributed by atoms with E-state index in [9.17, 15) is 32.8 Å². The summed E-state index contributed by atoms with van der Waals surface area (Å²) in [5.41, 5.74) is 3.00. The number of carbonyl (C=O) groups excluding carboxylic acids is 5. The Morgan fingerprint density at radius 1 is 1.14 bits per heavy atom. The van der Waals surface area contributed by atoms with Gasteiger partial charge in [0.15, 0.2) is 0 Å². The fraction of sp³-hybridized carbons (Fsp3) is 0.633. The zero-order valence-electron chi connectivity index (χ0n) is 24.9. The Morgan fingerprint density at radius 3 is 2.48 bits per heavy atom. The molecule has 1 aromatic carbocycles. The van der Waals surface area contributed by atoms with Gasteiger partial charge in [-0.1, -0.05) is 20.8 Å². The summed E-state index contributed by atoms with van der Waals surface area (Å²) in [6.07, 6.45) is -1.46. The maximum atomic E-state index is 15.2. The molecule has 5 aliphatic rings. The van der Waals surface area contributed by atoms with Gasteiger partial charge in [0.25, 0.3) is 0 Å². The molecular weight excluding hydrogens is 583 g/mol. The maximum absolute atomic E-state index is 15.2. The van der Waals surface area contributed by atoms with Gasteiger partial charge in [0, 0.05) is 19.2 Å². The van der Waals surface area contributed by atoms with E-state index in [-0.39, 0.29) is 36.1 Å². The van der Waals surface area contributed by atoms with Gasteiger partial charge in [0.2, 0.25) is 23.6 Å². The number of ether oxygens (including phenoxy) is 1. The van der Waals surface area contributed by atoms with E-state index < -0.39 is 94.9 Å². The molecular formula is C30H36F3N5O6. The maximum Gasteiger partial charge on any atom is 0.407 e. The number of alkyl halides is 1. The predicted octanol–water partition coefficient (Wildman–Crippen LogP) is 1.83. The highest BCUT2D eigenvalue weighted by Gasteiger charge is 2.66. The number of hydrogen-bond acceptors (Lipinski definition) is 6. The Balaban J connectivity index is 1.40. The van der Waals surface area contributed by atoms with Crippen LogP contribution in [0.3, 0.4) is 0 Å². The zero-order valence-corrected chi connectivity index (χ0v) is 24.9. The summed E-state index contributed by atoms with van der Waals surface area (Å²) in [5, 5.41) is 4.99. The molecule has 9 atom stereocenters. The number of halogens is 3. The molecule has 238 valence electrons. The molecule has 3 aliphatic heterocycles. The van der Waals surface area contributed by atoms with Gasteiger partial charge in [-0.25, -0.2) is 18.0 Å². The van der Waals surface area contributed by atoms with E-state index >= 15 is 4.39 Å². The fourth-order valence-electron chi connectivity index (χ4n) is 8.60. The van der Waals surface area contributed by atoms with Crippen molar-refractivity contribution >= 4 is 35.4 Å². The van der Waals surface area contributed by atoms with Crippen LogP contribution in [-0.4, -0.2) is 84.0 Å². The molecule has 11 nitrogen and oxygen atoms in total. The van der Waals surface area contributed by atoms with Gasteiger partial charge in [-0.15, -0.1) is 0 Å². The minimum Gasteiger partial charge on any atom is -0.453 e. The largest absolute Gasteiger partial charge is 0.453 e. The highest BCUT2D eigenvalue weighted by atomic mass is 19.1. The number of anilines is 1. The van der Waals surface area contributed by atoms with Crippen LogP contribution in [0.2, 0.25) is 0 Å². The topological polar surface area (TPSA) is 151 Å². The van der Waals surface area contributed by atoms with Gasteiger partial charge >= 0.3 is 6.09 Å². The van der Waals surface area contributed by atoms with Crippen molar-refractivity contribution < 1.29 is 41.9 Å². The molecule has 2 saturated heterocycles. The molecule has 0 aromatic heterocycles. The van der Waals surface area contributed by atoms with Crippen LogP contribution in [0.1, 0.15) is 45.6 Å². The van der Waals surface area contributed by atoms with Crippen molar-refractivity contribution in [3.63, 3.8) is 0 Å². The van der Waals surface area contributed by atoms with Gasteiger partial charge in [-0.2, -0.15) is 0 Å². The standard InChI is InChI=1S/C30H36F3N5O6/c1-29(2,3)23(36-28(43)44-4)26(41)37-10-15-12-5-14(17(32)6-12)20(15)22(37)25(40)38-11-30(9-19(38)24(34)39)16-7-13(31)8-18(33)21(16)35-27(30)42/h7-8,12,14-15,17,19-20,22-23H,5-6,9-11H2,1-4H3,(H2,34,39)(H,35,42)(H,36,43). The first-order chi connectivity index (χ1) is 20.6. The summed E-state index contributed by atoms with van der Waals surface area (Å²) >= 11 is 0. The van der Waals surface area contributed by atoms with Gasteiger partial charge in [-0.3, -0.25) is 19.2 Å². The van der Waals surface area contributed by atoms with E-state index in [4.69, 9.17) is 10.5 Å². The highest BCUT2D eigenvalue weighted by Crippen LogP contribution is 2.59. The van der Waals surface area contributed by atoms with Crippen LogP contribution in [0.4, 0.5) is 23.7 Å². The van der Waals surface area contributed by atoms with Crippen LogP contribution in [0.15, 0.2) is 12.1 Å². The number of nitrogens with two attached hydrogens (primary N) is 1. The van der Waals surface area contributed by atoms with Crippen molar-refractivity contribution in [1.29, 1.82) is 0 Å². The number of nitrogens with one attached hydrogen (secondary N) is 2. The zero-order chi connectivity index (χ0) is 32.0. The first kappa shape index (κ1) is 30.2. The number of rotatable bonds is 4. The summed E-state index contributed by atoms with van der Waals surface area (Å²) in [5.74, 6) is -6.15. The monoisotopic (exact) mass is 619 g/mol. The number of methoxy groups -OCH3 is 1. The van der Waals surface area contributed by atoms with Crippen LogP contribution in [0, 0.1) is 40.7 Å². The quantitative estimate of drug-likeness (QED) is 0.468.